The van der Waals surface area contributed by atoms with Gasteiger partial charge in [-0.2, -0.15) is 0 Å². The van der Waals surface area contributed by atoms with Gasteiger partial charge in [-0.3, -0.25) is 14.4 Å². The van der Waals surface area contributed by atoms with Crippen LogP contribution >= 0.6 is 11.3 Å². The maximum absolute atomic E-state index is 13.3. The number of hydrogen-bond acceptors (Lipinski definition) is 5. The highest BCUT2D eigenvalue weighted by molar-refractivity contribution is 7.12. The summed E-state index contributed by atoms with van der Waals surface area (Å²) in [4.78, 5) is 35.0. The number of thiophene rings is 1. The summed E-state index contributed by atoms with van der Waals surface area (Å²) in [6.45, 7) is -1.17. The average Bonchev–Trinajstić information content (AvgIpc) is 3.09. The molecule has 0 aliphatic rings. The summed E-state index contributed by atoms with van der Waals surface area (Å²) in [5, 5.41) is 6.00. The molecule has 9 heteroatoms. The number of carbonyl (C=O) groups excluding carboxylic acids is 3. The standard InChI is InChI=1S/C15H12F2N2O4S/c16-9-3-1-4-10(17)14(9)19-12(20)8-23-13(21)7-18-15(22)11-5-2-6-24-11/h1-6H,7-8H2,(H,18,22)(H,19,20). The molecule has 0 unspecified atom stereocenters. The summed E-state index contributed by atoms with van der Waals surface area (Å²) in [6.07, 6.45) is 0. The van der Waals surface area contributed by atoms with Crippen LogP contribution in [0.4, 0.5) is 14.5 Å². The highest BCUT2D eigenvalue weighted by Crippen LogP contribution is 2.17. The third-order valence-corrected chi connectivity index (χ3v) is 3.60. The Bertz CT molecular complexity index is 730. The predicted molar refractivity (Wildman–Crippen MR) is 82.6 cm³/mol. The highest BCUT2D eigenvalue weighted by Gasteiger charge is 2.14. The van der Waals surface area contributed by atoms with Gasteiger partial charge in [-0.25, -0.2) is 8.78 Å². The van der Waals surface area contributed by atoms with E-state index in [1.165, 1.54) is 11.3 Å². The second kappa shape index (κ2) is 8.16. The van der Waals surface area contributed by atoms with Crippen LogP contribution in [0.3, 0.4) is 0 Å². The first-order valence-electron chi connectivity index (χ1n) is 6.68. The van der Waals surface area contributed by atoms with E-state index < -0.39 is 48.3 Å². The first-order valence-corrected chi connectivity index (χ1v) is 7.56. The Morgan fingerprint density at radius 1 is 1.08 bits per heavy atom. The number of benzene rings is 1. The molecule has 1 aromatic heterocycles. The molecule has 0 atom stereocenters. The van der Waals surface area contributed by atoms with E-state index in [-0.39, 0.29) is 0 Å². The van der Waals surface area contributed by atoms with Gasteiger partial charge in [0.2, 0.25) is 0 Å². The third-order valence-electron chi connectivity index (χ3n) is 2.73. The molecule has 1 heterocycles. The lowest BCUT2D eigenvalue weighted by atomic mass is 10.3. The molecule has 0 aliphatic carbocycles. The molecule has 0 radical (unpaired) electrons. The van der Waals surface area contributed by atoms with Gasteiger partial charge >= 0.3 is 5.97 Å². The van der Waals surface area contributed by atoms with E-state index in [0.29, 0.717) is 4.88 Å². The minimum Gasteiger partial charge on any atom is -0.454 e. The van der Waals surface area contributed by atoms with Crippen molar-refractivity contribution in [2.75, 3.05) is 18.5 Å². The largest absolute Gasteiger partial charge is 0.454 e. The minimum absolute atomic E-state index is 0.426. The van der Waals surface area contributed by atoms with Crippen LogP contribution < -0.4 is 10.6 Å². The van der Waals surface area contributed by atoms with Gasteiger partial charge in [0.05, 0.1) is 4.88 Å². The summed E-state index contributed by atoms with van der Waals surface area (Å²) in [5.74, 6) is -4.10. The fraction of sp³-hybridized carbons (Fsp3) is 0.133. The Labute approximate surface area is 139 Å². The van der Waals surface area contributed by atoms with Crippen molar-refractivity contribution >= 4 is 34.8 Å². The number of halogens is 2. The summed E-state index contributed by atoms with van der Waals surface area (Å²) >= 11 is 1.21. The summed E-state index contributed by atoms with van der Waals surface area (Å²) in [7, 11) is 0. The van der Waals surface area contributed by atoms with E-state index in [4.69, 9.17) is 0 Å². The minimum atomic E-state index is -0.946. The number of anilines is 1. The maximum atomic E-state index is 13.3. The number of rotatable bonds is 6. The second-order valence-corrected chi connectivity index (χ2v) is 5.41. The smallest absolute Gasteiger partial charge is 0.325 e. The van der Waals surface area contributed by atoms with Crippen LogP contribution in [-0.2, 0) is 14.3 Å². The van der Waals surface area contributed by atoms with Crippen LogP contribution in [0.25, 0.3) is 0 Å². The SMILES string of the molecule is O=C(COC(=O)CNC(=O)c1cccs1)Nc1c(F)cccc1F. The molecule has 2 aromatic rings. The molecule has 2 rings (SSSR count). The highest BCUT2D eigenvalue weighted by atomic mass is 32.1. The van der Waals surface area contributed by atoms with Crippen molar-refractivity contribution in [3.8, 4) is 0 Å². The Balaban J connectivity index is 1.75. The molecule has 0 spiro atoms. The van der Waals surface area contributed by atoms with Crippen LogP contribution in [0.1, 0.15) is 9.67 Å². The number of nitrogens with one attached hydrogen (secondary N) is 2. The number of amides is 2. The van der Waals surface area contributed by atoms with Crippen molar-refractivity contribution in [2.45, 2.75) is 0 Å². The normalized spacial score (nSPS) is 10.1. The van der Waals surface area contributed by atoms with Gasteiger partial charge in [0, 0.05) is 0 Å². The molecular weight excluding hydrogens is 342 g/mol. The third kappa shape index (κ3) is 4.85. The number of esters is 1. The zero-order valence-corrected chi connectivity index (χ0v) is 13.0. The van der Waals surface area contributed by atoms with E-state index in [9.17, 15) is 23.2 Å². The van der Waals surface area contributed by atoms with Crippen molar-refractivity contribution in [3.63, 3.8) is 0 Å². The Morgan fingerprint density at radius 2 is 1.79 bits per heavy atom. The molecule has 0 fully saturated rings. The van der Waals surface area contributed by atoms with E-state index in [1.807, 2.05) is 5.32 Å². The Hall–Kier alpha value is -2.81. The van der Waals surface area contributed by atoms with Crippen LogP contribution in [-0.4, -0.2) is 30.9 Å². The first-order chi connectivity index (χ1) is 11.5. The Morgan fingerprint density at radius 3 is 2.42 bits per heavy atom. The molecule has 2 amide bonds. The van der Waals surface area contributed by atoms with Gasteiger partial charge < -0.3 is 15.4 Å². The quantitative estimate of drug-likeness (QED) is 0.777. The van der Waals surface area contributed by atoms with E-state index in [0.717, 1.165) is 18.2 Å². The first kappa shape index (κ1) is 17.5. The lowest BCUT2D eigenvalue weighted by molar-refractivity contribution is -0.146. The van der Waals surface area contributed by atoms with E-state index >= 15 is 0 Å². The summed E-state index contributed by atoms with van der Waals surface area (Å²) < 4.78 is 31.3. The number of para-hydroxylation sites is 1. The van der Waals surface area contributed by atoms with Crippen molar-refractivity contribution in [1.29, 1.82) is 0 Å². The van der Waals surface area contributed by atoms with Gasteiger partial charge in [0.15, 0.2) is 6.61 Å². The monoisotopic (exact) mass is 354 g/mol. The van der Waals surface area contributed by atoms with Crippen LogP contribution in [0.5, 0.6) is 0 Å². The van der Waals surface area contributed by atoms with Crippen molar-refractivity contribution < 1.29 is 27.9 Å². The zero-order chi connectivity index (χ0) is 17.5. The van der Waals surface area contributed by atoms with E-state index in [1.54, 1.807) is 17.5 Å². The zero-order valence-electron chi connectivity index (χ0n) is 12.2. The number of ether oxygens (including phenoxy) is 1. The second-order valence-electron chi connectivity index (χ2n) is 4.47. The van der Waals surface area contributed by atoms with E-state index in [2.05, 4.69) is 10.1 Å². The fourth-order valence-corrected chi connectivity index (χ4v) is 2.28. The fourth-order valence-electron chi connectivity index (χ4n) is 1.64. The van der Waals surface area contributed by atoms with Crippen LogP contribution in [0.2, 0.25) is 0 Å². The lowest BCUT2D eigenvalue weighted by Crippen LogP contribution is -2.32. The van der Waals surface area contributed by atoms with Gasteiger partial charge in [0.25, 0.3) is 11.8 Å². The molecular formula is C15H12F2N2O4S. The maximum Gasteiger partial charge on any atom is 0.325 e. The number of hydrogen-bond donors (Lipinski definition) is 2. The van der Waals surface area contributed by atoms with Crippen molar-refractivity contribution in [1.82, 2.24) is 5.32 Å². The molecule has 1 aromatic carbocycles. The van der Waals surface area contributed by atoms with Gasteiger partial charge in [-0.05, 0) is 23.6 Å². The summed E-state index contributed by atoms with van der Waals surface area (Å²) in [6, 6.07) is 6.37. The lowest BCUT2D eigenvalue weighted by Gasteiger charge is -2.08. The molecule has 0 saturated carbocycles. The number of carbonyl (C=O) groups is 3. The van der Waals surface area contributed by atoms with Crippen LogP contribution in [0.15, 0.2) is 35.7 Å². The molecule has 0 aliphatic heterocycles. The van der Waals surface area contributed by atoms with Gasteiger partial charge in [-0.15, -0.1) is 11.3 Å². The van der Waals surface area contributed by atoms with Gasteiger partial charge in [-0.1, -0.05) is 12.1 Å². The average molecular weight is 354 g/mol. The molecule has 0 bridgehead atoms. The van der Waals surface area contributed by atoms with Crippen LogP contribution in [0, 0.1) is 11.6 Å². The molecule has 126 valence electrons. The van der Waals surface area contributed by atoms with Gasteiger partial charge in [0.1, 0.15) is 23.9 Å². The predicted octanol–water partition coefficient (Wildman–Crippen LogP) is 1.94. The van der Waals surface area contributed by atoms with Crippen molar-refractivity contribution in [3.05, 3.63) is 52.2 Å². The molecule has 6 nitrogen and oxygen atoms in total. The molecule has 2 N–H and O–H groups in total. The molecule has 0 saturated heterocycles. The van der Waals surface area contributed by atoms with Crippen molar-refractivity contribution in [2.24, 2.45) is 0 Å². The molecule has 24 heavy (non-hydrogen) atoms. The Kier molecular flexibility index (Phi) is 5.96. The summed E-state index contributed by atoms with van der Waals surface area (Å²) in [5.41, 5.74) is -0.621. The topological polar surface area (TPSA) is 84.5 Å².